The van der Waals surface area contributed by atoms with Gasteiger partial charge in [0.15, 0.2) is 0 Å². The molecule has 0 spiro atoms. The quantitative estimate of drug-likeness (QED) is 0.418. The Kier molecular flexibility index (Phi) is 5.80. The Morgan fingerprint density at radius 2 is 2.04 bits per heavy atom. The number of amides is 2. The molecule has 132 valence electrons. The molecule has 0 aliphatic carbocycles. The fourth-order valence-electron chi connectivity index (χ4n) is 2.23. The SMILES string of the molecule is O=C(Cc1cccc(Cl)c1)Oc1ccc(C=C2SC(=O)NC2=O)cc1Br. The third-order valence-electron chi connectivity index (χ3n) is 3.36. The van der Waals surface area contributed by atoms with Gasteiger partial charge in [-0.05, 0) is 69.2 Å². The number of carbonyl (C=O) groups is 3. The van der Waals surface area contributed by atoms with Gasteiger partial charge in [0.1, 0.15) is 5.75 Å². The Bertz CT molecular complexity index is 945. The summed E-state index contributed by atoms with van der Waals surface area (Å²) in [6.45, 7) is 0. The van der Waals surface area contributed by atoms with Gasteiger partial charge in [-0.2, -0.15) is 0 Å². The van der Waals surface area contributed by atoms with E-state index in [1.165, 1.54) is 0 Å². The van der Waals surface area contributed by atoms with Gasteiger partial charge in [-0.1, -0.05) is 29.8 Å². The highest BCUT2D eigenvalue weighted by atomic mass is 79.9. The lowest BCUT2D eigenvalue weighted by Gasteiger charge is -2.08. The van der Waals surface area contributed by atoms with Crippen molar-refractivity contribution in [3.05, 3.63) is 68.0 Å². The number of ether oxygens (including phenoxy) is 1. The first kappa shape index (κ1) is 18.7. The van der Waals surface area contributed by atoms with E-state index in [9.17, 15) is 14.4 Å². The number of halogens is 2. The van der Waals surface area contributed by atoms with Crippen LogP contribution in [0.1, 0.15) is 11.1 Å². The zero-order valence-electron chi connectivity index (χ0n) is 13.1. The number of imide groups is 1. The lowest BCUT2D eigenvalue weighted by Crippen LogP contribution is -2.17. The van der Waals surface area contributed by atoms with E-state index >= 15 is 0 Å². The van der Waals surface area contributed by atoms with E-state index in [0.717, 1.165) is 17.3 Å². The molecule has 3 rings (SSSR count). The number of hydrogen-bond acceptors (Lipinski definition) is 5. The number of hydrogen-bond donors (Lipinski definition) is 1. The van der Waals surface area contributed by atoms with Gasteiger partial charge < -0.3 is 4.74 Å². The van der Waals surface area contributed by atoms with Gasteiger partial charge in [-0.15, -0.1) is 0 Å². The molecular weight excluding hydrogens is 442 g/mol. The maximum Gasteiger partial charge on any atom is 0.315 e. The normalized spacial score (nSPS) is 15.2. The van der Waals surface area contributed by atoms with Crippen LogP contribution in [0.5, 0.6) is 5.75 Å². The molecule has 0 radical (unpaired) electrons. The molecule has 2 aromatic rings. The number of rotatable bonds is 4. The monoisotopic (exact) mass is 451 g/mol. The van der Waals surface area contributed by atoms with Gasteiger partial charge in [0, 0.05) is 5.02 Å². The van der Waals surface area contributed by atoms with Crippen molar-refractivity contribution in [1.29, 1.82) is 0 Å². The summed E-state index contributed by atoms with van der Waals surface area (Å²) in [7, 11) is 0. The first-order chi connectivity index (χ1) is 12.4. The van der Waals surface area contributed by atoms with Crippen LogP contribution in [-0.4, -0.2) is 17.1 Å². The average Bonchev–Trinajstić information content (AvgIpc) is 2.87. The molecule has 2 aromatic carbocycles. The molecule has 0 atom stereocenters. The summed E-state index contributed by atoms with van der Waals surface area (Å²) in [5.41, 5.74) is 1.45. The summed E-state index contributed by atoms with van der Waals surface area (Å²) in [6, 6.07) is 12.0. The highest BCUT2D eigenvalue weighted by molar-refractivity contribution is 9.10. The molecule has 1 saturated heterocycles. The van der Waals surface area contributed by atoms with E-state index in [1.54, 1.807) is 48.5 Å². The van der Waals surface area contributed by atoms with Crippen LogP contribution in [0.15, 0.2) is 51.8 Å². The van der Waals surface area contributed by atoms with Gasteiger partial charge in [0.25, 0.3) is 11.1 Å². The molecule has 1 fully saturated rings. The summed E-state index contributed by atoms with van der Waals surface area (Å²) in [5.74, 6) is -0.484. The van der Waals surface area contributed by atoms with Crippen LogP contribution in [0, 0.1) is 0 Å². The molecule has 0 bridgehead atoms. The van der Waals surface area contributed by atoms with E-state index in [0.29, 0.717) is 25.7 Å². The first-order valence-electron chi connectivity index (χ1n) is 7.40. The summed E-state index contributed by atoms with van der Waals surface area (Å²) >= 11 is 10.1. The van der Waals surface area contributed by atoms with Crippen LogP contribution in [0.3, 0.4) is 0 Å². The summed E-state index contributed by atoms with van der Waals surface area (Å²) in [4.78, 5) is 35.2. The molecule has 1 heterocycles. The molecule has 0 aromatic heterocycles. The number of thioether (sulfide) groups is 1. The van der Waals surface area contributed by atoms with E-state index in [1.807, 2.05) is 0 Å². The lowest BCUT2D eigenvalue weighted by atomic mass is 10.1. The smallest absolute Gasteiger partial charge is 0.315 e. The number of nitrogens with one attached hydrogen (secondary N) is 1. The van der Waals surface area contributed by atoms with Crippen LogP contribution < -0.4 is 10.1 Å². The highest BCUT2D eigenvalue weighted by Gasteiger charge is 2.25. The second kappa shape index (κ2) is 8.07. The number of benzene rings is 2. The molecule has 8 heteroatoms. The minimum absolute atomic E-state index is 0.0950. The average molecular weight is 453 g/mol. The van der Waals surface area contributed by atoms with Crippen molar-refractivity contribution in [3.8, 4) is 5.75 Å². The summed E-state index contributed by atoms with van der Waals surface area (Å²) in [6.07, 6.45) is 1.69. The maximum atomic E-state index is 12.1. The Morgan fingerprint density at radius 1 is 1.23 bits per heavy atom. The highest BCUT2D eigenvalue weighted by Crippen LogP contribution is 2.30. The molecular formula is C18H11BrClNO4S. The van der Waals surface area contributed by atoms with E-state index in [-0.39, 0.29) is 6.42 Å². The fourth-order valence-corrected chi connectivity index (χ4v) is 3.61. The second-order valence-electron chi connectivity index (χ2n) is 5.32. The van der Waals surface area contributed by atoms with E-state index < -0.39 is 17.1 Å². The topological polar surface area (TPSA) is 72.5 Å². The van der Waals surface area contributed by atoms with Crippen molar-refractivity contribution in [3.63, 3.8) is 0 Å². The summed E-state index contributed by atoms with van der Waals surface area (Å²) < 4.78 is 5.92. The zero-order chi connectivity index (χ0) is 18.7. The van der Waals surface area contributed by atoms with Crippen molar-refractivity contribution >= 4 is 62.5 Å². The third kappa shape index (κ3) is 4.75. The molecule has 26 heavy (non-hydrogen) atoms. The molecule has 0 saturated carbocycles. The van der Waals surface area contributed by atoms with Crippen LogP contribution >= 0.6 is 39.3 Å². The molecule has 1 aliphatic rings. The van der Waals surface area contributed by atoms with Gasteiger partial charge >= 0.3 is 5.97 Å². The van der Waals surface area contributed by atoms with Crippen LogP contribution in [-0.2, 0) is 16.0 Å². The van der Waals surface area contributed by atoms with Crippen molar-refractivity contribution in [2.24, 2.45) is 0 Å². The molecule has 1 N–H and O–H groups in total. The minimum atomic E-state index is -0.423. The van der Waals surface area contributed by atoms with E-state index in [2.05, 4.69) is 21.2 Å². The Morgan fingerprint density at radius 3 is 2.69 bits per heavy atom. The largest absolute Gasteiger partial charge is 0.425 e. The second-order valence-corrected chi connectivity index (χ2v) is 7.63. The molecule has 1 aliphatic heterocycles. The zero-order valence-corrected chi connectivity index (χ0v) is 16.3. The van der Waals surface area contributed by atoms with Crippen LogP contribution in [0.4, 0.5) is 4.79 Å². The predicted molar refractivity (Wildman–Crippen MR) is 104 cm³/mol. The van der Waals surface area contributed by atoms with Gasteiger partial charge in [0.2, 0.25) is 0 Å². The van der Waals surface area contributed by atoms with Crippen molar-refractivity contribution < 1.29 is 19.1 Å². The molecule has 5 nitrogen and oxygen atoms in total. The standard InChI is InChI=1S/C18H11BrClNO4S/c19-13-7-11(8-15-17(23)21-18(24)26-15)4-5-14(13)25-16(22)9-10-2-1-3-12(20)6-10/h1-8H,9H2,(H,21,23,24). The van der Waals surface area contributed by atoms with Gasteiger partial charge in [-0.3, -0.25) is 19.7 Å². The van der Waals surface area contributed by atoms with Crippen molar-refractivity contribution in [2.75, 3.05) is 0 Å². The predicted octanol–water partition coefficient (Wildman–Crippen LogP) is 4.57. The molecule has 0 unspecified atom stereocenters. The van der Waals surface area contributed by atoms with Gasteiger partial charge in [-0.25, -0.2) is 0 Å². The first-order valence-corrected chi connectivity index (χ1v) is 9.39. The minimum Gasteiger partial charge on any atom is -0.425 e. The van der Waals surface area contributed by atoms with Crippen LogP contribution in [0.2, 0.25) is 5.02 Å². The Hall–Kier alpha value is -2.09. The Balaban J connectivity index is 1.70. The van der Waals surface area contributed by atoms with Gasteiger partial charge in [0.05, 0.1) is 15.8 Å². The number of esters is 1. The third-order valence-corrected chi connectivity index (χ3v) is 5.02. The molecule has 2 amide bonds. The van der Waals surface area contributed by atoms with Crippen molar-refractivity contribution in [2.45, 2.75) is 6.42 Å². The van der Waals surface area contributed by atoms with Crippen LogP contribution in [0.25, 0.3) is 6.08 Å². The number of carbonyl (C=O) groups excluding carboxylic acids is 3. The van der Waals surface area contributed by atoms with Crippen molar-refractivity contribution in [1.82, 2.24) is 5.32 Å². The lowest BCUT2D eigenvalue weighted by molar-refractivity contribution is -0.133. The van der Waals surface area contributed by atoms with E-state index in [4.69, 9.17) is 16.3 Å². The maximum absolute atomic E-state index is 12.1. The Labute approximate surface area is 166 Å². The fraction of sp³-hybridized carbons (Fsp3) is 0.0556. The summed E-state index contributed by atoms with van der Waals surface area (Å²) in [5, 5.41) is 2.35.